The van der Waals surface area contributed by atoms with E-state index in [0.717, 1.165) is 0 Å². The van der Waals surface area contributed by atoms with Gasteiger partial charge in [-0.05, 0) is 22.1 Å². The molecule has 0 saturated heterocycles. The minimum atomic E-state index is 0.233. The van der Waals surface area contributed by atoms with E-state index in [9.17, 15) is 0 Å². The second-order valence-electron chi connectivity index (χ2n) is 4.81. The SMILES string of the molecule is CC(C)(C)c1ccc2cccc-2cc1. The van der Waals surface area contributed by atoms with E-state index in [1.165, 1.54) is 16.7 Å². The number of fused-ring (bicyclic) bond motifs is 1. The largest absolute Gasteiger partial charge is 0.0610 e. The predicted octanol–water partition coefficient (Wildman–Crippen LogP) is 4.09. The van der Waals surface area contributed by atoms with Crippen LogP contribution in [-0.4, -0.2) is 0 Å². The molecule has 0 heteroatoms. The van der Waals surface area contributed by atoms with Gasteiger partial charge in [-0.25, -0.2) is 0 Å². The van der Waals surface area contributed by atoms with Gasteiger partial charge in [-0.15, -0.1) is 0 Å². The van der Waals surface area contributed by atoms with Gasteiger partial charge in [0.25, 0.3) is 0 Å². The zero-order valence-electron chi connectivity index (χ0n) is 9.04. The van der Waals surface area contributed by atoms with E-state index >= 15 is 0 Å². The van der Waals surface area contributed by atoms with Crippen LogP contribution in [0.3, 0.4) is 0 Å². The molecule has 0 bridgehead atoms. The molecule has 0 unspecified atom stereocenters. The Labute approximate surface area is 85.9 Å². The summed E-state index contributed by atoms with van der Waals surface area (Å²) in [4.78, 5) is 0. The van der Waals surface area contributed by atoms with E-state index < -0.39 is 0 Å². The van der Waals surface area contributed by atoms with Crippen molar-refractivity contribution in [2.75, 3.05) is 0 Å². The first kappa shape index (κ1) is 9.26. The summed E-state index contributed by atoms with van der Waals surface area (Å²) >= 11 is 0. The summed E-state index contributed by atoms with van der Waals surface area (Å²) in [5.74, 6) is 0. The van der Waals surface area contributed by atoms with Crippen LogP contribution in [0.4, 0.5) is 0 Å². The molecule has 0 saturated carbocycles. The summed E-state index contributed by atoms with van der Waals surface area (Å²) in [5, 5.41) is 0. The molecule has 0 aromatic rings. The summed E-state index contributed by atoms with van der Waals surface area (Å²) in [7, 11) is 0. The standard InChI is InChI=1S/C14H16/c1-14(2,3)13-9-7-11-5-4-6-12(11)8-10-13/h4-10H,1-3H3. The van der Waals surface area contributed by atoms with Crippen LogP contribution in [0.1, 0.15) is 26.3 Å². The molecule has 0 nitrogen and oxygen atoms in total. The molecule has 14 heavy (non-hydrogen) atoms. The maximum Gasteiger partial charge on any atom is -0.0132 e. The summed E-state index contributed by atoms with van der Waals surface area (Å²) in [5.41, 5.74) is 4.26. The molecule has 0 aromatic heterocycles. The zero-order valence-corrected chi connectivity index (χ0v) is 9.04. The molecule has 0 spiro atoms. The van der Waals surface area contributed by atoms with Crippen LogP contribution >= 0.6 is 0 Å². The van der Waals surface area contributed by atoms with Gasteiger partial charge in [0, 0.05) is 0 Å². The molecule has 0 aromatic carbocycles. The first-order valence-corrected chi connectivity index (χ1v) is 5.07. The molecule has 0 amide bonds. The van der Waals surface area contributed by atoms with Crippen LogP contribution in [0.5, 0.6) is 0 Å². The number of rotatable bonds is 0. The fourth-order valence-corrected chi connectivity index (χ4v) is 1.67. The Balaban J connectivity index is 2.57. The van der Waals surface area contributed by atoms with Gasteiger partial charge in [-0.3, -0.25) is 0 Å². The third kappa shape index (κ3) is 1.65. The van der Waals surface area contributed by atoms with Crippen molar-refractivity contribution >= 4 is 0 Å². The van der Waals surface area contributed by atoms with Crippen molar-refractivity contribution in [1.82, 2.24) is 0 Å². The van der Waals surface area contributed by atoms with E-state index in [4.69, 9.17) is 0 Å². The van der Waals surface area contributed by atoms with Gasteiger partial charge in [-0.2, -0.15) is 0 Å². The van der Waals surface area contributed by atoms with E-state index in [-0.39, 0.29) is 5.41 Å². The highest BCUT2D eigenvalue weighted by Gasteiger charge is 2.12. The smallest absolute Gasteiger partial charge is 0.0132 e. The fraction of sp³-hybridized carbons (Fsp3) is 0.286. The van der Waals surface area contributed by atoms with Gasteiger partial charge in [0.1, 0.15) is 0 Å². The molecular formula is C14H16. The van der Waals surface area contributed by atoms with Gasteiger partial charge in [0.15, 0.2) is 0 Å². The van der Waals surface area contributed by atoms with Crippen LogP contribution in [0.25, 0.3) is 11.1 Å². The second-order valence-corrected chi connectivity index (χ2v) is 4.81. The third-order valence-electron chi connectivity index (χ3n) is 2.64. The Morgan fingerprint density at radius 3 is 1.64 bits per heavy atom. The van der Waals surface area contributed by atoms with Gasteiger partial charge >= 0.3 is 0 Å². The molecule has 0 atom stereocenters. The topological polar surface area (TPSA) is 0 Å². The highest BCUT2D eigenvalue weighted by atomic mass is 14.2. The van der Waals surface area contributed by atoms with E-state index in [2.05, 4.69) is 63.2 Å². The maximum atomic E-state index is 2.24. The van der Waals surface area contributed by atoms with E-state index in [1.807, 2.05) is 0 Å². The first-order chi connectivity index (χ1) is 6.57. The molecule has 0 fully saturated rings. The Morgan fingerprint density at radius 2 is 1.21 bits per heavy atom. The van der Waals surface area contributed by atoms with Crippen molar-refractivity contribution < 1.29 is 0 Å². The van der Waals surface area contributed by atoms with Crippen molar-refractivity contribution in [2.24, 2.45) is 0 Å². The van der Waals surface area contributed by atoms with Crippen molar-refractivity contribution in [3.63, 3.8) is 0 Å². The minimum absolute atomic E-state index is 0.233. The van der Waals surface area contributed by atoms with Gasteiger partial charge < -0.3 is 0 Å². The lowest BCUT2D eigenvalue weighted by atomic mass is 9.88. The van der Waals surface area contributed by atoms with Crippen molar-refractivity contribution in [3.05, 3.63) is 48.0 Å². The lowest BCUT2D eigenvalue weighted by molar-refractivity contribution is 0.591. The van der Waals surface area contributed by atoms with Crippen LogP contribution < -0.4 is 0 Å². The molecule has 72 valence electrons. The Hall–Kier alpha value is -1.30. The third-order valence-corrected chi connectivity index (χ3v) is 2.64. The quantitative estimate of drug-likeness (QED) is 0.578. The molecule has 0 radical (unpaired) electrons. The van der Waals surface area contributed by atoms with Crippen molar-refractivity contribution in [3.8, 4) is 11.1 Å². The normalized spacial score (nSPS) is 11.9. The van der Waals surface area contributed by atoms with E-state index in [0.29, 0.717) is 0 Å². The van der Waals surface area contributed by atoms with Crippen LogP contribution in [0.15, 0.2) is 42.5 Å². The van der Waals surface area contributed by atoms with Crippen molar-refractivity contribution in [2.45, 2.75) is 26.2 Å². The number of hydrogen-bond donors (Lipinski definition) is 0. The lowest BCUT2D eigenvalue weighted by Gasteiger charge is -2.17. The van der Waals surface area contributed by atoms with Crippen LogP contribution in [-0.2, 0) is 5.41 Å². The monoisotopic (exact) mass is 184 g/mol. The zero-order chi connectivity index (χ0) is 10.2. The molecule has 2 aliphatic carbocycles. The Bertz CT molecular complexity index is 376. The highest BCUT2D eigenvalue weighted by Crippen LogP contribution is 2.26. The predicted molar refractivity (Wildman–Crippen MR) is 61.8 cm³/mol. The van der Waals surface area contributed by atoms with Gasteiger partial charge in [0.05, 0.1) is 0 Å². The van der Waals surface area contributed by atoms with Crippen LogP contribution in [0, 0.1) is 0 Å². The highest BCUT2D eigenvalue weighted by molar-refractivity contribution is 5.66. The number of hydrogen-bond acceptors (Lipinski definition) is 0. The van der Waals surface area contributed by atoms with Crippen molar-refractivity contribution in [1.29, 1.82) is 0 Å². The summed E-state index contributed by atoms with van der Waals surface area (Å²) in [6, 6.07) is 15.3. The second kappa shape index (κ2) is 3.13. The molecule has 0 N–H and O–H groups in total. The average molecular weight is 184 g/mol. The van der Waals surface area contributed by atoms with Gasteiger partial charge in [-0.1, -0.05) is 63.2 Å². The average Bonchev–Trinajstić information content (AvgIpc) is 2.42. The van der Waals surface area contributed by atoms with E-state index in [1.54, 1.807) is 0 Å². The minimum Gasteiger partial charge on any atom is -0.0610 e. The lowest BCUT2D eigenvalue weighted by Crippen LogP contribution is -2.09. The molecule has 2 rings (SSSR count). The first-order valence-electron chi connectivity index (χ1n) is 5.07. The van der Waals surface area contributed by atoms with Gasteiger partial charge in [0.2, 0.25) is 0 Å². The summed E-state index contributed by atoms with van der Waals surface area (Å²) in [6.45, 7) is 6.73. The summed E-state index contributed by atoms with van der Waals surface area (Å²) < 4.78 is 0. The Kier molecular flexibility index (Phi) is 2.07. The molecule has 0 heterocycles. The molecule has 0 aliphatic heterocycles. The maximum absolute atomic E-state index is 2.24. The van der Waals surface area contributed by atoms with Crippen LogP contribution in [0.2, 0.25) is 0 Å². The fourth-order valence-electron chi connectivity index (χ4n) is 1.67. The summed E-state index contributed by atoms with van der Waals surface area (Å²) in [6.07, 6.45) is 0. The molecular weight excluding hydrogens is 168 g/mol. The molecule has 2 aliphatic rings. The Morgan fingerprint density at radius 1 is 0.714 bits per heavy atom.